The molecule has 3 rings (SSSR count). The lowest BCUT2D eigenvalue weighted by molar-refractivity contribution is 0.273. The third kappa shape index (κ3) is 3.09. The van der Waals surface area contributed by atoms with Crippen LogP contribution in [0, 0.1) is 5.92 Å². The van der Waals surface area contributed by atoms with E-state index >= 15 is 0 Å². The van der Waals surface area contributed by atoms with Crippen molar-refractivity contribution >= 4 is 0 Å². The molecule has 1 heterocycles. The number of aryl methyl sites for hydroxylation is 1. The van der Waals surface area contributed by atoms with Crippen LogP contribution in [0.15, 0.2) is 24.3 Å². The zero-order valence-electron chi connectivity index (χ0n) is 13.0. The first-order valence-corrected chi connectivity index (χ1v) is 8.68. The molecule has 0 N–H and O–H groups in total. The Labute approximate surface area is 124 Å². The van der Waals surface area contributed by atoms with Crippen LogP contribution in [0.5, 0.6) is 0 Å². The average Bonchev–Trinajstić information content (AvgIpc) is 2.73. The minimum Gasteiger partial charge on any atom is -0.303 e. The van der Waals surface area contributed by atoms with Crippen LogP contribution in [0.4, 0.5) is 0 Å². The molecule has 110 valence electrons. The van der Waals surface area contributed by atoms with Crippen LogP contribution in [0.25, 0.3) is 0 Å². The SMILES string of the molecule is CCCN1CCC[C@H](C2CCCc3ccccc32)CC1. The number of hydrogen-bond donors (Lipinski definition) is 0. The molecule has 1 aliphatic carbocycles. The summed E-state index contributed by atoms with van der Waals surface area (Å²) in [5.74, 6) is 1.78. The van der Waals surface area contributed by atoms with Gasteiger partial charge in [0.25, 0.3) is 0 Å². The standard InChI is InChI=1S/C19H29N/c1-2-13-20-14-6-9-17(12-15-20)19-11-5-8-16-7-3-4-10-18(16)19/h3-4,7,10,17,19H,2,5-6,8-9,11-15H2,1H3/t17-,19?/m0/s1. The Morgan fingerprint density at radius 3 is 2.85 bits per heavy atom. The van der Waals surface area contributed by atoms with E-state index in [4.69, 9.17) is 0 Å². The molecule has 1 aromatic carbocycles. The fraction of sp³-hybridized carbons (Fsp3) is 0.684. The summed E-state index contributed by atoms with van der Waals surface area (Å²) in [6.45, 7) is 6.27. The highest BCUT2D eigenvalue weighted by molar-refractivity contribution is 5.33. The van der Waals surface area contributed by atoms with Gasteiger partial charge in [0.2, 0.25) is 0 Å². The third-order valence-electron chi connectivity index (χ3n) is 5.39. The topological polar surface area (TPSA) is 3.24 Å². The molecule has 2 atom stereocenters. The minimum absolute atomic E-state index is 0.849. The van der Waals surface area contributed by atoms with Crippen molar-refractivity contribution in [2.24, 2.45) is 5.92 Å². The normalized spacial score (nSPS) is 27.9. The zero-order chi connectivity index (χ0) is 13.8. The maximum atomic E-state index is 2.69. The monoisotopic (exact) mass is 271 g/mol. The van der Waals surface area contributed by atoms with E-state index in [1.807, 2.05) is 0 Å². The van der Waals surface area contributed by atoms with Gasteiger partial charge in [-0.2, -0.15) is 0 Å². The number of nitrogens with zero attached hydrogens (tertiary/aromatic N) is 1. The predicted molar refractivity (Wildman–Crippen MR) is 86.2 cm³/mol. The number of hydrogen-bond acceptors (Lipinski definition) is 1. The number of rotatable bonds is 3. The molecule has 0 spiro atoms. The molecule has 20 heavy (non-hydrogen) atoms. The molecule has 0 bridgehead atoms. The van der Waals surface area contributed by atoms with E-state index in [-0.39, 0.29) is 0 Å². The van der Waals surface area contributed by atoms with Crippen LogP contribution in [-0.4, -0.2) is 24.5 Å². The summed E-state index contributed by atoms with van der Waals surface area (Å²) >= 11 is 0. The minimum atomic E-state index is 0.849. The van der Waals surface area contributed by atoms with Gasteiger partial charge < -0.3 is 4.90 Å². The largest absolute Gasteiger partial charge is 0.303 e. The van der Waals surface area contributed by atoms with Gasteiger partial charge in [0.05, 0.1) is 0 Å². The van der Waals surface area contributed by atoms with Crippen LogP contribution in [-0.2, 0) is 6.42 Å². The Hall–Kier alpha value is -0.820. The second-order valence-electron chi connectivity index (χ2n) is 6.73. The Morgan fingerprint density at radius 2 is 1.95 bits per heavy atom. The van der Waals surface area contributed by atoms with E-state index in [1.165, 1.54) is 64.6 Å². The molecular weight excluding hydrogens is 242 g/mol. The van der Waals surface area contributed by atoms with Gasteiger partial charge in [0.15, 0.2) is 0 Å². The van der Waals surface area contributed by atoms with E-state index in [0.29, 0.717) is 0 Å². The third-order valence-corrected chi connectivity index (χ3v) is 5.39. The summed E-state index contributed by atoms with van der Waals surface area (Å²) in [5.41, 5.74) is 3.33. The van der Waals surface area contributed by atoms with Gasteiger partial charge in [-0.3, -0.25) is 0 Å². The van der Waals surface area contributed by atoms with E-state index in [9.17, 15) is 0 Å². The van der Waals surface area contributed by atoms with Gasteiger partial charge in [0, 0.05) is 0 Å². The van der Waals surface area contributed by atoms with E-state index in [1.54, 1.807) is 11.1 Å². The van der Waals surface area contributed by atoms with Crippen molar-refractivity contribution in [2.75, 3.05) is 19.6 Å². The van der Waals surface area contributed by atoms with Crippen LogP contribution < -0.4 is 0 Å². The van der Waals surface area contributed by atoms with Crippen LogP contribution in [0.2, 0.25) is 0 Å². The van der Waals surface area contributed by atoms with Crippen LogP contribution in [0.1, 0.15) is 62.5 Å². The Balaban J connectivity index is 1.71. The fourth-order valence-electron chi connectivity index (χ4n) is 4.40. The molecule has 1 aromatic rings. The molecule has 0 amide bonds. The van der Waals surface area contributed by atoms with Crippen molar-refractivity contribution in [1.29, 1.82) is 0 Å². The van der Waals surface area contributed by atoms with Crippen LogP contribution in [0.3, 0.4) is 0 Å². The van der Waals surface area contributed by atoms with Gasteiger partial charge >= 0.3 is 0 Å². The summed E-state index contributed by atoms with van der Waals surface area (Å²) in [5, 5.41) is 0. The lowest BCUT2D eigenvalue weighted by Crippen LogP contribution is -2.26. The number of benzene rings is 1. The highest BCUT2D eigenvalue weighted by Gasteiger charge is 2.29. The first-order valence-electron chi connectivity index (χ1n) is 8.68. The molecule has 1 fully saturated rings. The van der Waals surface area contributed by atoms with E-state index in [2.05, 4.69) is 36.1 Å². The molecule has 2 aliphatic rings. The molecule has 1 saturated heterocycles. The molecule has 1 aliphatic heterocycles. The Bertz CT molecular complexity index is 426. The second kappa shape index (κ2) is 6.76. The molecule has 0 aromatic heterocycles. The van der Waals surface area contributed by atoms with Gasteiger partial charge in [-0.15, -0.1) is 0 Å². The zero-order valence-corrected chi connectivity index (χ0v) is 13.0. The van der Waals surface area contributed by atoms with Crippen molar-refractivity contribution in [3.8, 4) is 0 Å². The maximum Gasteiger partial charge on any atom is -0.00159 e. The Morgan fingerprint density at radius 1 is 1.05 bits per heavy atom. The number of fused-ring (bicyclic) bond motifs is 1. The summed E-state index contributed by atoms with van der Waals surface area (Å²) in [7, 11) is 0. The van der Waals surface area contributed by atoms with Crippen molar-refractivity contribution in [2.45, 2.75) is 57.8 Å². The average molecular weight is 271 g/mol. The molecule has 0 saturated carbocycles. The fourth-order valence-corrected chi connectivity index (χ4v) is 4.40. The lowest BCUT2D eigenvalue weighted by atomic mass is 9.73. The van der Waals surface area contributed by atoms with E-state index in [0.717, 1.165) is 11.8 Å². The van der Waals surface area contributed by atoms with Crippen molar-refractivity contribution in [3.05, 3.63) is 35.4 Å². The van der Waals surface area contributed by atoms with Crippen molar-refractivity contribution < 1.29 is 0 Å². The summed E-state index contributed by atoms with van der Waals surface area (Å²) in [4.78, 5) is 2.69. The van der Waals surface area contributed by atoms with E-state index < -0.39 is 0 Å². The predicted octanol–water partition coefficient (Wildman–Crippen LogP) is 4.62. The molecular formula is C19H29N. The highest BCUT2D eigenvalue weighted by atomic mass is 15.1. The molecule has 1 heteroatoms. The van der Waals surface area contributed by atoms with Gasteiger partial charge in [-0.1, -0.05) is 31.2 Å². The molecule has 0 radical (unpaired) electrons. The maximum absolute atomic E-state index is 2.69. The smallest absolute Gasteiger partial charge is 0.00159 e. The first-order chi connectivity index (χ1) is 9.88. The highest BCUT2D eigenvalue weighted by Crippen LogP contribution is 2.41. The van der Waals surface area contributed by atoms with Gasteiger partial charge in [0.1, 0.15) is 0 Å². The Kier molecular flexibility index (Phi) is 4.77. The molecule has 1 unspecified atom stereocenters. The first kappa shape index (κ1) is 14.1. The number of likely N-dealkylation sites (tertiary alicyclic amines) is 1. The second-order valence-corrected chi connectivity index (χ2v) is 6.73. The lowest BCUT2D eigenvalue weighted by Gasteiger charge is -2.32. The van der Waals surface area contributed by atoms with Crippen molar-refractivity contribution in [3.63, 3.8) is 0 Å². The van der Waals surface area contributed by atoms with Gasteiger partial charge in [-0.05, 0) is 87.5 Å². The van der Waals surface area contributed by atoms with Crippen LogP contribution >= 0.6 is 0 Å². The summed E-state index contributed by atoms with van der Waals surface area (Å²) in [6, 6.07) is 9.24. The van der Waals surface area contributed by atoms with Crippen molar-refractivity contribution in [1.82, 2.24) is 4.90 Å². The summed E-state index contributed by atoms with van der Waals surface area (Å²) < 4.78 is 0. The quantitative estimate of drug-likeness (QED) is 0.775. The molecule has 1 nitrogen and oxygen atoms in total. The van der Waals surface area contributed by atoms with Gasteiger partial charge in [-0.25, -0.2) is 0 Å². The summed E-state index contributed by atoms with van der Waals surface area (Å²) in [6.07, 6.45) is 9.70.